The van der Waals surface area contributed by atoms with Crippen molar-refractivity contribution in [3.05, 3.63) is 195 Å². The summed E-state index contributed by atoms with van der Waals surface area (Å²) < 4.78 is 6.53. The molecule has 11 aromatic rings. The Kier molecular flexibility index (Phi) is 7.74. The molecule has 11 rings (SSSR count). The Balaban J connectivity index is 1.21. The highest BCUT2D eigenvalue weighted by atomic mass is 16.3. The van der Waals surface area contributed by atoms with Gasteiger partial charge < -0.3 is 4.42 Å². The molecule has 0 amide bonds. The third kappa shape index (κ3) is 5.81. The van der Waals surface area contributed by atoms with Crippen LogP contribution in [-0.4, -0.2) is 19.9 Å². The van der Waals surface area contributed by atoms with Crippen LogP contribution in [0.2, 0.25) is 0 Å². The Morgan fingerprint density at radius 1 is 0.333 bits per heavy atom. The van der Waals surface area contributed by atoms with E-state index in [9.17, 15) is 0 Å². The van der Waals surface area contributed by atoms with Gasteiger partial charge in [-0.1, -0.05) is 121 Å². The predicted octanol–water partition coefficient (Wildman–Crippen LogP) is 13.6. The van der Waals surface area contributed by atoms with E-state index in [0.29, 0.717) is 5.82 Å². The van der Waals surface area contributed by atoms with Crippen LogP contribution in [-0.2, 0) is 0 Å². The first-order valence-electron chi connectivity index (χ1n) is 19.0. The van der Waals surface area contributed by atoms with Gasteiger partial charge >= 0.3 is 0 Å². The minimum absolute atomic E-state index is 0.628. The lowest BCUT2D eigenvalue weighted by molar-refractivity contribution is 0.669. The maximum atomic E-state index is 6.53. The molecule has 4 aromatic heterocycles. The number of rotatable bonds is 4. The largest absolute Gasteiger partial charge is 0.456 e. The lowest BCUT2D eigenvalue weighted by Crippen LogP contribution is -1.96. The number of benzene rings is 6. The SMILES string of the molecule is c1ccc(-c2cc(-c3ccc(-c4cccnc4)nc3)nc(-c3ccc4ccc5ccccc5c5ccccc5c5cc6c(cc5c4c3)oc3ccccc36)n2)cc1. The van der Waals surface area contributed by atoms with Crippen molar-refractivity contribution in [1.29, 1.82) is 0 Å². The van der Waals surface area contributed by atoms with Crippen LogP contribution in [0, 0.1) is 0 Å². The summed E-state index contributed by atoms with van der Waals surface area (Å²) in [4.78, 5) is 19.5. The topological polar surface area (TPSA) is 64.7 Å². The number of nitrogens with zero attached hydrogens (tertiary/aromatic N) is 4. The van der Waals surface area contributed by atoms with Gasteiger partial charge in [-0.25, -0.2) is 9.97 Å². The van der Waals surface area contributed by atoms with Crippen LogP contribution in [0.25, 0.3) is 110 Å². The highest BCUT2D eigenvalue weighted by Gasteiger charge is 2.15. The van der Waals surface area contributed by atoms with Crippen LogP contribution in [0.4, 0.5) is 0 Å². The predicted molar refractivity (Wildman–Crippen MR) is 234 cm³/mol. The molecule has 0 fully saturated rings. The zero-order chi connectivity index (χ0) is 37.7. The van der Waals surface area contributed by atoms with Gasteiger partial charge in [-0.05, 0) is 97.7 Å². The second kappa shape index (κ2) is 13.5. The van der Waals surface area contributed by atoms with Crippen molar-refractivity contribution < 1.29 is 4.42 Å². The van der Waals surface area contributed by atoms with Gasteiger partial charge in [-0.15, -0.1) is 0 Å². The average Bonchev–Trinajstić information content (AvgIpc) is 3.66. The van der Waals surface area contributed by atoms with Crippen molar-refractivity contribution in [1.82, 2.24) is 19.9 Å². The minimum atomic E-state index is 0.628. The molecule has 4 heterocycles. The standard InChI is InChI=1S/C52H32N4O/c1-2-12-35(13-3-1)48-30-49(38-24-25-47(54-32-38)37-14-10-26-53-31-37)56-52(55-48)36-23-22-34-21-20-33-11-4-5-15-39(33)40-16-6-7-17-41(40)44-28-46-42-18-8-9-19-50(42)57-51(46)29-45(44)43(34)27-36/h1-32H. The first-order valence-corrected chi connectivity index (χ1v) is 19.0. The van der Waals surface area contributed by atoms with Crippen LogP contribution >= 0.6 is 0 Å². The van der Waals surface area contributed by atoms with Gasteiger partial charge in [0.05, 0.1) is 17.1 Å². The van der Waals surface area contributed by atoms with Crippen molar-refractivity contribution >= 4 is 65.0 Å². The molecule has 0 atom stereocenters. The molecular weight excluding hydrogens is 697 g/mol. The molecule has 0 aliphatic heterocycles. The molecule has 0 N–H and O–H groups in total. The monoisotopic (exact) mass is 728 g/mol. The summed E-state index contributed by atoms with van der Waals surface area (Å²) in [7, 11) is 0. The van der Waals surface area contributed by atoms with Crippen LogP contribution in [0.15, 0.2) is 199 Å². The number of hydrogen-bond acceptors (Lipinski definition) is 5. The second-order valence-electron chi connectivity index (χ2n) is 14.3. The zero-order valence-corrected chi connectivity index (χ0v) is 30.7. The molecule has 7 aromatic carbocycles. The van der Waals surface area contributed by atoms with E-state index in [1.54, 1.807) is 6.20 Å². The van der Waals surface area contributed by atoms with Gasteiger partial charge in [-0.2, -0.15) is 0 Å². The third-order valence-electron chi connectivity index (χ3n) is 10.8. The number of aromatic nitrogens is 4. The normalized spacial score (nSPS) is 11.5. The molecule has 0 unspecified atom stereocenters. The molecule has 0 radical (unpaired) electrons. The highest BCUT2D eigenvalue weighted by Crippen LogP contribution is 2.38. The molecule has 0 aliphatic carbocycles. The molecule has 57 heavy (non-hydrogen) atoms. The smallest absolute Gasteiger partial charge is 0.160 e. The molecular formula is C52H32N4O. The fraction of sp³-hybridized carbons (Fsp3) is 0. The summed E-state index contributed by atoms with van der Waals surface area (Å²) in [5.74, 6) is 0.628. The van der Waals surface area contributed by atoms with Gasteiger partial charge in [-0.3, -0.25) is 9.97 Å². The van der Waals surface area contributed by atoms with Crippen LogP contribution in [0.3, 0.4) is 0 Å². The Bertz CT molecular complexity index is 3400. The number of pyridine rings is 2. The molecule has 5 heteroatoms. The number of furan rings is 1. The van der Waals surface area contributed by atoms with Crippen LogP contribution in [0.5, 0.6) is 0 Å². The van der Waals surface area contributed by atoms with Gasteiger partial charge in [0.2, 0.25) is 0 Å². The van der Waals surface area contributed by atoms with E-state index in [0.717, 1.165) is 93.6 Å². The summed E-state index contributed by atoms with van der Waals surface area (Å²) in [5, 5.41) is 11.2. The molecule has 0 saturated heterocycles. The number of para-hydroxylation sites is 1. The van der Waals surface area contributed by atoms with Gasteiger partial charge in [0.15, 0.2) is 5.82 Å². The average molecular weight is 729 g/mol. The Morgan fingerprint density at radius 3 is 1.75 bits per heavy atom. The fourth-order valence-corrected chi connectivity index (χ4v) is 8.02. The summed E-state index contributed by atoms with van der Waals surface area (Å²) >= 11 is 0. The first kappa shape index (κ1) is 32.7. The molecule has 5 nitrogen and oxygen atoms in total. The first-order chi connectivity index (χ1) is 28.2. The van der Waals surface area contributed by atoms with Crippen molar-refractivity contribution in [2.45, 2.75) is 0 Å². The molecule has 0 aliphatic rings. The minimum Gasteiger partial charge on any atom is -0.456 e. The molecule has 0 saturated carbocycles. The Hall–Kier alpha value is -7.76. The van der Waals surface area contributed by atoms with Crippen molar-refractivity contribution in [2.75, 3.05) is 0 Å². The quantitative estimate of drug-likeness (QED) is 0.180. The Labute approximate surface area is 327 Å². The van der Waals surface area contributed by atoms with E-state index in [2.05, 4.69) is 126 Å². The maximum absolute atomic E-state index is 6.53. The van der Waals surface area contributed by atoms with Gasteiger partial charge in [0, 0.05) is 51.6 Å². The van der Waals surface area contributed by atoms with E-state index in [-0.39, 0.29) is 0 Å². The summed E-state index contributed by atoms with van der Waals surface area (Å²) in [6.07, 6.45) is 5.47. The molecule has 0 bridgehead atoms. The van der Waals surface area contributed by atoms with Crippen molar-refractivity contribution in [2.24, 2.45) is 0 Å². The van der Waals surface area contributed by atoms with E-state index >= 15 is 0 Å². The molecule has 0 spiro atoms. The fourth-order valence-electron chi connectivity index (χ4n) is 8.02. The third-order valence-corrected chi connectivity index (χ3v) is 10.8. The van der Waals surface area contributed by atoms with E-state index in [1.165, 1.54) is 10.8 Å². The van der Waals surface area contributed by atoms with E-state index in [4.69, 9.17) is 19.4 Å². The number of hydrogen-bond donors (Lipinski definition) is 0. The van der Waals surface area contributed by atoms with Crippen molar-refractivity contribution in [3.63, 3.8) is 0 Å². The van der Waals surface area contributed by atoms with Crippen LogP contribution < -0.4 is 0 Å². The maximum Gasteiger partial charge on any atom is 0.160 e. The number of fused-ring (bicyclic) bond motifs is 10. The lowest BCUT2D eigenvalue weighted by atomic mass is 9.96. The summed E-state index contributed by atoms with van der Waals surface area (Å²) in [6, 6.07) is 61.5. The lowest BCUT2D eigenvalue weighted by Gasteiger charge is -2.11. The van der Waals surface area contributed by atoms with Gasteiger partial charge in [0.1, 0.15) is 11.2 Å². The van der Waals surface area contributed by atoms with Gasteiger partial charge in [0.25, 0.3) is 0 Å². The van der Waals surface area contributed by atoms with Crippen molar-refractivity contribution in [3.8, 4) is 45.2 Å². The molecule has 266 valence electrons. The zero-order valence-electron chi connectivity index (χ0n) is 30.7. The van der Waals surface area contributed by atoms with E-state index in [1.807, 2.05) is 67.0 Å². The van der Waals surface area contributed by atoms with Crippen LogP contribution in [0.1, 0.15) is 0 Å². The summed E-state index contributed by atoms with van der Waals surface area (Å²) in [5.41, 5.74) is 7.97. The highest BCUT2D eigenvalue weighted by molar-refractivity contribution is 6.23. The summed E-state index contributed by atoms with van der Waals surface area (Å²) in [6.45, 7) is 0. The second-order valence-corrected chi connectivity index (χ2v) is 14.3. The Morgan fingerprint density at radius 2 is 0.965 bits per heavy atom. The van der Waals surface area contributed by atoms with E-state index < -0.39 is 0 Å².